The number of fused-ring (bicyclic) bond motifs is 1. The van der Waals surface area contributed by atoms with Gasteiger partial charge >= 0.3 is 0 Å². The summed E-state index contributed by atoms with van der Waals surface area (Å²) in [5.74, 6) is 0.554. The van der Waals surface area contributed by atoms with Crippen molar-refractivity contribution in [2.45, 2.75) is 36.6 Å². The maximum atomic E-state index is 11.6. The van der Waals surface area contributed by atoms with E-state index in [1.807, 2.05) is 0 Å². The molecule has 4 nitrogen and oxygen atoms in total. The van der Waals surface area contributed by atoms with Crippen molar-refractivity contribution in [2.75, 3.05) is 6.54 Å². The first kappa shape index (κ1) is 8.20. The maximum absolute atomic E-state index is 11.6. The van der Waals surface area contributed by atoms with Crippen molar-refractivity contribution in [3.05, 3.63) is 0 Å². The lowest BCUT2D eigenvalue weighted by molar-refractivity contribution is 0.281. The molecule has 2 heterocycles. The molecule has 3 atom stereocenters. The molecule has 2 aliphatic carbocycles. The molecule has 5 heteroatoms. The van der Waals surface area contributed by atoms with Crippen LogP contribution in [0.25, 0.3) is 0 Å². The molecule has 2 bridgehead atoms. The maximum Gasteiger partial charge on any atom is 0.214 e. The Morgan fingerprint density at radius 2 is 2.08 bits per heavy atom. The minimum atomic E-state index is -2.96. The molecule has 2 saturated carbocycles. The molecule has 0 spiro atoms. The first-order valence-corrected chi connectivity index (χ1v) is 6.46. The van der Waals surface area contributed by atoms with Crippen LogP contribution in [0, 0.1) is 5.92 Å². The molecule has 0 aromatic rings. The minimum absolute atomic E-state index is 0.0764. The Morgan fingerprint density at radius 3 is 2.54 bits per heavy atom. The van der Waals surface area contributed by atoms with Gasteiger partial charge in [0.15, 0.2) is 0 Å². The van der Waals surface area contributed by atoms with E-state index >= 15 is 0 Å². The largest absolute Gasteiger partial charge is 0.312 e. The fourth-order valence-corrected chi connectivity index (χ4v) is 4.00. The number of hydrogen-bond acceptors (Lipinski definition) is 3. The monoisotopic (exact) mass is 202 g/mol. The normalized spacial score (nSPS) is 43.2. The second kappa shape index (κ2) is 2.46. The topological polar surface area (TPSA) is 58.2 Å². The minimum Gasteiger partial charge on any atom is -0.312 e. The van der Waals surface area contributed by atoms with E-state index in [-0.39, 0.29) is 11.3 Å². The molecule has 4 fully saturated rings. The highest BCUT2D eigenvalue weighted by molar-refractivity contribution is 7.90. The second-order valence-electron chi connectivity index (χ2n) is 4.40. The summed E-state index contributed by atoms with van der Waals surface area (Å²) in [6.07, 6.45) is 2.85. The highest BCUT2D eigenvalue weighted by Gasteiger charge is 2.50. The molecule has 0 radical (unpaired) electrons. The Hall–Kier alpha value is -0.130. The summed E-state index contributed by atoms with van der Waals surface area (Å²) in [4.78, 5) is 0. The van der Waals surface area contributed by atoms with Gasteiger partial charge < -0.3 is 5.32 Å². The van der Waals surface area contributed by atoms with E-state index in [9.17, 15) is 8.42 Å². The molecular weight excluding hydrogens is 188 g/mol. The van der Waals surface area contributed by atoms with Crippen LogP contribution in [-0.4, -0.2) is 32.3 Å². The van der Waals surface area contributed by atoms with Gasteiger partial charge in [0, 0.05) is 12.1 Å². The highest BCUT2D eigenvalue weighted by Crippen LogP contribution is 2.36. The van der Waals surface area contributed by atoms with Crippen molar-refractivity contribution in [3.8, 4) is 0 Å². The van der Waals surface area contributed by atoms with Gasteiger partial charge in [0.05, 0.1) is 5.25 Å². The molecule has 0 aromatic heterocycles. The van der Waals surface area contributed by atoms with Crippen LogP contribution in [0.2, 0.25) is 0 Å². The van der Waals surface area contributed by atoms with Crippen molar-refractivity contribution in [2.24, 2.45) is 5.92 Å². The Morgan fingerprint density at radius 1 is 1.31 bits per heavy atom. The average Bonchev–Trinajstić information content (AvgIpc) is 2.72. The highest BCUT2D eigenvalue weighted by atomic mass is 32.2. The summed E-state index contributed by atoms with van der Waals surface area (Å²) in [5.41, 5.74) is 0. The third-order valence-corrected chi connectivity index (χ3v) is 5.35. The molecule has 3 unspecified atom stereocenters. The Bertz CT molecular complexity index is 309. The molecule has 2 aliphatic heterocycles. The van der Waals surface area contributed by atoms with Crippen LogP contribution in [-0.2, 0) is 10.0 Å². The van der Waals surface area contributed by atoms with Crippen LogP contribution in [0.5, 0.6) is 0 Å². The van der Waals surface area contributed by atoms with Crippen LogP contribution in [0.4, 0.5) is 0 Å². The second-order valence-corrected chi connectivity index (χ2v) is 6.39. The van der Waals surface area contributed by atoms with Gasteiger partial charge in [-0.3, -0.25) is 0 Å². The van der Waals surface area contributed by atoms with Crippen molar-refractivity contribution in [3.63, 3.8) is 0 Å². The summed E-state index contributed by atoms with van der Waals surface area (Å²) in [5, 5.41) is 3.22. The van der Waals surface area contributed by atoms with E-state index in [2.05, 4.69) is 10.0 Å². The van der Waals surface area contributed by atoms with E-state index < -0.39 is 10.0 Å². The lowest BCUT2D eigenvalue weighted by Crippen LogP contribution is -2.54. The number of hydrogen-bond donors (Lipinski definition) is 2. The first-order valence-electron chi connectivity index (χ1n) is 4.91. The molecule has 74 valence electrons. The molecule has 2 N–H and O–H groups in total. The molecule has 0 amide bonds. The standard InChI is InChI=1S/C8H14N2O2S/c11-13(12,6-1-2-6)10-8-5-3-7(8)9-4-5/h5-10H,1-4H2. The number of sulfonamides is 1. The van der Waals surface area contributed by atoms with E-state index in [0.29, 0.717) is 12.0 Å². The fourth-order valence-electron chi connectivity index (χ4n) is 2.32. The zero-order valence-corrected chi connectivity index (χ0v) is 8.18. The van der Waals surface area contributed by atoms with Gasteiger partial charge in [-0.25, -0.2) is 13.1 Å². The summed E-state index contributed by atoms with van der Waals surface area (Å²) in [6.45, 7) is 0.989. The fraction of sp³-hybridized carbons (Fsp3) is 1.00. The van der Waals surface area contributed by atoms with Crippen LogP contribution < -0.4 is 10.0 Å². The molecule has 0 aromatic carbocycles. The van der Waals surface area contributed by atoms with E-state index in [0.717, 1.165) is 25.8 Å². The zero-order chi connectivity index (χ0) is 9.05. The SMILES string of the molecule is O=S(=O)(NC1C2CNC1C2)C1CC1. The predicted octanol–water partition coefficient (Wildman–Crippen LogP) is -0.571. The van der Waals surface area contributed by atoms with Gasteiger partial charge in [-0.05, 0) is 31.7 Å². The summed E-state index contributed by atoms with van der Waals surface area (Å²) in [7, 11) is -2.96. The zero-order valence-electron chi connectivity index (χ0n) is 7.36. The molecule has 4 aliphatic rings. The Balaban J connectivity index is 1.69. The molecular formula is C8H14N2O2S. The molecule has 2 saturated heterocycles. The lowest BCUT2D eigenvalue weighted by atomic mass is 9.81. The van der Waals surface area contributed by atoms with Gasteiger partial charge in [0.25, 0.3) is 0 Å². The van der Waals surface area contributed by atoms with Crippen LogP contribution in [0.3, 0.4) is 0 Å². The predicted molar refractivity (Wildman–Crippen MR) is 48.8 cm³/mol. The Kier molecular flexibility index (Phi) is 1.55. The van der Waals surface area contributed by atoms with E-state index in [1.165, 1.54) is 0 Å². The Labute approximate surface area is 78.1 Å². The third kappa shape index (κ3) is 1.21. The quantitative estimate of drug-likeness (QED) is 0.644. The molecule has 13 heavy (non-hydrogen) atoms. The van der Waals surface area contributed by atoms with Crippen molar-refractivity contribution in [1.82, 2.24) is 10.0 Å². The van der Waals surface area contributed by atoms with Crippen LogP contribution in [0.15, 0.2) is 0 Å². The summed E-state index contributed by atoms with van der Waals surface area (Å²) in [6, 6.07) is 0.615. The van der Waals surface area contributed by atoms with Gasteiger partial charge in [-0.2, -0.15) is 0 Å². The van der Waals surface area contributed by atoms with Crippen molar-refractivity contribution < 1.29 is 8.42 Å². The van der Waals surface area contributed by atoms with Gasteiger partial charge in [-0.1, -0.05) is 0 Å². The molecule has 4 rings (SSSR count). The average molecular weight is 202 g/mol. The van der Waals surface area contributed by atoms with Gasteiger partial charge in [0.2, 0.25) is 10.0 Å². The van der Waals surface area contributed by atoms with Crippen LogP contribution in [0.1, 0.15) is 19.3 Å². The lowest BCUT2D eigenvalue weighted by Gasteiger charge is -2.34. The summed E-state index contributed by atoms with van der Waals surface area (Å²) < 4.78 is 26.0. The number of rotatable bonds is 3. The van der Waals surface area contributed by atoms with Gasteiger partial charge in [0.1, 0.15) is 0 Å². The van der Waals surface area contributed by atoms with E-state index in [1.54, 1.807) is 0 Å². The van der Waals surface area contributed by atoms with Crippen LogP contribution >= 0.6 is 0 Å². The smallest absolute Gasteiger partial charge is 0.214 e. The third-order valence-electron chi connectivity index (χ3n) is 3.40. The van der Waals surface area contributed by atoms with Gasteiger partial charge in [-0.15, -0.1) is 0 Å². The van der Waals surface area contributed by atoms with E-state index in [4.69, 9.17) is 0 Å². The van der Waals surface area contributed by atoms with Crippen molar-refractivity contribution in [1.29, 1.82) is 0 Å². The summed E-state index contributed by atoms with van der Waals surface area (Å²) >= 11 is 0. The van der Waals surface area contributed by atoms with Crippen molar-refractivity contribution >= 4 is 10.0 Å². The number of nitrogens with one attached hydrogen (secondary N) is 2. The first-order chi connectivity index (χ1) is 6.17.